The number of nitrogens with two attached hydrogens (primary N) is 1. The summed E-state index contributed by atoms with van der Waals surface area (Å²) in [6.07, 6.45) is 3.46. The third-order valence-corrected chi connectivity index (χ3v) is 1.45. The summed E-state index contributed by atoms with van der Waals surface area (Å²) in [5.41, 5.74) is 6.72. The molecule has 0 atom stereocenters. The molecule has 0 saturated heterocycles. The minimum Gasteiger partial charge on any atom is -0.506 e. The van der Waals surface area contributed by atoms with Gasteiger partial charge in [-0.3, -0.25) is 0 Å². The largest absolute Gasteiger partial charge is 0.506 e. The van der Waals surface area contributed by atoms with Crippen molar-refractivity contribution in [3.8, 4) is 5.75 Å². The lowest BCUT2D eigenvalue weighted by Crippen LogP contribution is -1.93. The molecule has 3 heteroatoms. The summed E-state index contributed by atoms with van der Waals surface area (Å²) in [6.45, 7) is 2.33. The van der Waals surface area contributed by atoms with Crippen LogP contribution in [0.1, 0.15) is 11.4 Å². The number of aromatic nitrogens is 1. The molecule has 3 nitrogen and oxygen atoms in total. The summed E-state index contributed by atoms with van der Waals surface area (Å²) < 4.78 is 0. The van der Waals surface area contributed by atoms with Crippen LogP contribution in [0.3, 0.4) is 0 Å². The number of nitrogens with zero attached hydrogens (tertiary/aromatic N) is 1. The molecule has 1 aromatic rings. The van der Waals surface area contributed by atoms with Gasteiger partial charge in [0.1, 0.15) is 11.4 Å². The Bertz CT molecular complexity index is 295. The summed E-state index contributed by atoms with van der Waals surface area (Å²) in [6, 6.07) is 3.38. The monoisotopic (exact) mass is 164 g/mol. The molecule has 64 valence electrons. The van der Waals surface area contributed by atoms with Gasteiger partial charge in [0.05, 0.1) is 0 Å². The Morgan fingerprint density at radius 3 is 3.00 bits per heavy atom. The molecule has 0 aromatic carbocycles. The van der Waals surface area contributed by atoms with Crippen molar-refractivity contribution in [2.45, 2.75) is 6.92 Å². The summed E-state index contributed by atoms with van der Waals surface area (Å²) in [7, 11) is 0. The van der Waals surface area contributed by atoms with Crippen LogP contribution in [0.25, 0.3) is 6.08 Å². The highest BCUT2D eigenvalue weighted by Gasteiger charge is 1.97. The van der Waals surface area contributed by atoms with Gasteiger partial charge in [-0.05, 0) is 25.1 Å². The predicted molar refractivity (Wildman–Crippen MR) is 48.7 cm³/mol. The standard InChI is InChI=1S/C9H12N2O/c1-7-4-5-9(12)8(11-7)3-2-6-10/h2-5,12H,6,10H2,1H3. The molecule has 0 unspecified atom stereocenters. The molecule has 1 rings (SSSR count). The van der Waals surface area contributed by atoms with Crippen LogP contribution in [-0.4, -0.2) is 16.6 Å². The average Bonchev–Trinajstić information content (AvgIpc) is 2.07. The van der Waals surface area contributed by atoms with Gasteiger partial charge >= 0.3 is 0 Å². The minimum atomic E-state index is 0.185. The molecule has 1 aromatic heterocycles. The van der Waals surface area contributed by atoms with E-state index in [2.05, 4.69) is 4.98 Å². The first-order valence-corrected chi connectivity index (χ1v) is 3.77. The molecule has 1 heterocycles. The second kappa shape index (κ2) is 3.88. The van der Waals surface area contributed by atoms with Crippen LogP contribution >= 0.6 is 0 Å². The Hall–Kier alpha value is -1.35. The molecular weight excluding hydrogens is 152 g/mol. The quantitative estimate of drug-likeness (QED) is 0.687. The third kappa shape index (κ3) is 2.07. The van der Waals surface area contributed by atoms with Crippen LogP contribution in [0.2, 0.25) is 0 Å². The smallest absolute Gasteiger partial charge is 0.141 e. The van der Waals surface area contributed by atoms with E-state index in [1.165, 1.54) is 0 Å². The highest BCUT2D eigenvalue weighted by Crippen LogP contribution is 2.15. The lowest BCUT2D eigenvalue weighted by Gasteiger charge is -1.98. The fourth-order valence-electron chi connectivity index (χ4n) is 0.872. The number of hydrogen-bond acceptors (Lipinski definition) is 3. The van der Waals surface area contributed by atoms with Gasteiger partial charge in [0, 0.05) is 12.2 Å². The van der Waals surface area contributed by atoms with Crippen molar-refractivity contribution in [2.75, 3.05) is 6.54 Å². The Morgan fingerprint density at radius 1 is 1.58 bits per heavy atom. The predicted octanol–water partition coefficient (Wildman–Crippen LogP) is 1.07. The molecule has 0 fully saturated rings. The molecule has 0 amide bonds. The topological polar surface area (TPSA) is 59.1 Å². The first-order valence-electron chi connectivity index (χ1n) is 3.77. The lowest BCUT2D eigenvalue weighted by molar-refractivity contribution is 0.471. The lowest BCUT2D eigenvalue weighted by atomic mass is 10.2. The molecule has 0 bridgehead atoms. The van der Waals surface area contributed by atoms with E-state index in [0.29, 0.717) is 12.2 Å². The van der Waals surface area contributed by atoms with Crippen molar-refractivity contribution in [1.82, 2.24) is 4.98 Å². The Morgan fingerprint density at radius 2 is 2.33 bits per heavy atom. The van der Waals surface area contributed by atoms with Crippen LogP contribution in [-0.2, 0) is 0 Å². The Kier molecular flexibility index (Phi) is 2.82. The SMILES string of the molecule is Cc1ccc(O)c(C=CCN)n1. The maximum Gasteiger partial charge on any atom is 0.141 e. The maximum absolute atomic E-state index is 9.31. The summed E-state index contributed by atoms with van der Waals surface area (Å²) in [5.74, 6) is 0.185. The molecule has 3 N–H and O–H groups in total. The minimum absolute atomic E-state index is 0.185. The van der Waals surface area contributed by atoms with Crippen LogP contribution in [0.4, 0.5) is 0 Å². The van der Waals surface area contributed by atoms with E-state index in [-0.39, 0.29) is 5.75 Å². The van der Waals surface area contributed by atoms with Gasteiger partial charge in [0.25, 0.3) is 0 Å². The van der Waals surface area contributed by atoms with Gasteiger partial charge in [0.2, 0.25) is 0 Å². The fraction of sp³-hybridized carbons (Fsp3) is 0.222. The zero-order valence-electron chi connectivity index (χ0n) is 6.99. The third-order valence-electron chi connectivity index (χ3n) is 1.45. The van der Waals surface area contributed by atoms with E-state index in [0.717, 1.165) is 5.69 Å². The van der Waals surface area contributed by atoms with Crippen molar-refractivity contribution in [2.24, 2.45) is 5.73 Å². The van der Waals surface area contributed by atoms with E-state index in [4.69, 9.17) is 5.73 Å². The van der Waals surface area contributed by atoms with Gasteiger partial charge in [-0.15, -0.1) is 0 Å². The van der Waals surface area contributed by atoms with E-state index in [1.54, 1.807) is 24.3 Å². The number of aromatic hydroxyl groups is 1. The zero-order valence-corrected chi connectivity index (χ0v) is 6.99. The maximum atomic E-state index is 9.31. The van der Waals surface area contributed by atoms with Crippen molar-refractivity contribution in [3.05, 3.63) is 29.6 Å². The zero-order chi connectivity index (χ0) is 8.97. The summed E-state index contributed by atoms with van der Waals surface area (Å²) >= 11 is 0. The van der Waals surface area contributed by atoms with Crippen molar-refractivity contribution < 1.29 is 5.11 Å². The molecule has 0 aliphatic rings. The second-order valence-electron chi connectivity index (χ2n) is 2.50. The van der Waals surface area contributed by atoms with Gasteiger partial charge in [-0.25, -0.2) is 4.98 Å². The molecule has 0 spiro atoms. The number of hydrogen-bond donors (Lipinski definition) is 2. The van der Waals surface area contributed by atoms with Crippen LogP contribution in [0.5, 0.6) is 5.75 Å². The summed E-state index contributed by atoms with van der Waals surface area (Å²) in [5, 5.41) is 9.31. The molecule has 0 saturated carbocycles. The van der Waals surface area contributed by atoms with Gasteiger partial charge in [0.15, 0.2) is 0 Å². The highest BCUT2D eigenvalue weighted by molar-refractivity contribution is 5.52. The Labute approximate surface area is 71.6 Å². The normalized spacial score (nSPS) is 10.8. The number of rotatable bonds is 2. The van der Waals surface area contributed by atoms with E-state index >= 15 is 0 Å². The van der Waals surface area contributed by atoms with Gasteiger partial charge < -0.3 is 10.8 Å². The van der Waals surface area contributed by atoms with Crippen molar-refractivity contribution >= 4 is 6.08 Å². The van der Waals surface area contributed by atoms with Crippen LogP contribution in [0.15, 0.2) is 18.2 Å². The fourth-order valence-corrected chi connectivity index (χ4v) is 0.872. The first-order chi connectivity index (χ1) is 5.74. The van der Waals surface area contributed by atoms with Crippen molar-refractivity contribution in [1.29, 1.82) is 0 Å². The van der Waals surface area contributed by atoms with Crippen LogP contribution in [0, 0.1) is 6.92 Å². The second-order valence-corrected chi connectivity index (χ2v) is 2.50. The average molecular weight is 164 g/mol. The van der Waals surface area contributed by atoms with E-state index < -0.39 is 0 Å². The van der Waals surface area contributed by atoms with Crippen molar-refractivity contribution in [3.63, 3.8) is 0 Å². The summed E-state index contributed by atoms with van der Waals surface area (Å²) in [4.78, 5) is 4.12. The molecule has 0 radical (unpaired) electrons. The van der Waals surface area contributed by atoms with Gasteiger partial charge in [-0.1, -0.05) is 6.08 Å². The van der Waals surface area contributed by atoms with Crippen LogP contribution < -0.4 is 5.73 Å². The molecule has 0 aliphatic carbocycles. The first kappa shape index (κ1) is 8.74. The Balaban J connectivity index is 2.97. The highest BCUT2D eigenvalue weighted by atomic mass is 16.3. The molecule has 0 aliphatic heterocycles. The molecular formula is C9H12N2O. The van der Waals surface area contributed by atoms with E-state index in [1.807, 2.05) is 6.92 Å². The number of pyridine rings is 1. The molecule has 12 heavy (non-hydrogen) atoms. The van der Waals surface area contributed by atoms with E-state index in [9.17, 15) is 5.11 Å². The van der Waals surface area contributed by atoms with Gasteiger partial charge in [-0.2, -0.15) is 0 Å². The number of aryl methyl sites for hydroxylation is 1.